The number of carbonyl (C=O) groups excluding carboxylic acids is 1. The minimum Gasteiger partial charge on any atom is -0.454 e. The molecule has 7 nitrogen and oxygen atoms in total. The summed E-state index contributed by atoms with van der Waals surface area (Å²) < 4.78 is 10.4. The minimum absolute atomic E-state index is 0.0302. The summed E-state index contributed by atoms with van der Waals surface area (Å²) >= 11 is 11.7. The van der Waals surface area contributed by atoms with Gasteiger partial charge in [0, 0.05) is 11.8 Å². The summed E-state index contributed by atoms with van der Waals surface area (Å²) in [5.74, 6) is 0.420. The maximum atomic E-state index is 12.3. The van der Waals surface area contributed by atoms with Crippen LogP contribution in [0.4, 0.5) is 11.4 Å². The Morgan fingerprint density at radius 1 is 1.19 bits per heavy atom. The quantitative estimate of drug-likeness (QED) is 0.649. The molecule has 0 spiro atoms. The first kappa shape index (κ1) is 13.7. The molecule has 0 radical (unpaired) electrons. The second-order valence-corrected chi connectivity index (χ2v) is 4.79. The van der Waals surface area contributed by atoms with Gasteiger partial charge in [-0.05, 0) is 6.07 Å². The number of benzene rings is 1. The monoisotopic (exact) mass is 326 g/mol. The van der Waals surface area contributed by atoms with Crippen LogP contribution < -0.4 is 20.5 Å². The SMILES string of the molecule is Nc1cc2c(cc1C(=O)Nc1c(Cl)ncnc1Cl)OCO2. The van der Waals surface area contributed by atoms with E-state index in [-0.39, 0.29) is 34.0 Å². The fraction of sp³-hybridized carbons (Fsp3) is 0.0833. The van der Waals surface area contributed by atoms with Crippen LogP contribution in [0.2, 0.25) is 10.3 Å². The molecule has 3 N–H and O–H groups in total. The van der Waals surface area contributed by atoms with Crippen LogP contribution in [0.15, 0.2) is 18.5 Å². The molecule has 2 aromatic rings. The van der Waals surface area contributed by atoms with E-state index in [1.165, 1.54) is 18.5 Å². The van der Waals surface area contributed by atoms with Gasteiger partial charge in [-0.1, -0.05) is 23.2 Å². The predicted octanol–water partition coefficient (Wildman–Crippen LogP) is 2.35. The first-order valence-electron chi connectivity index (χ1n) is 5.72. The number of amides is 1. The van der Waals surface area contributed by atoms with Crippen molar-refractivity contribution in [3.05, 3.63) is 34.3 Å². The third-order valence-corrected chi connectivity index (χ3v) is 3.36. The lowest BCUT2D eigenvalue weighted by Gasteiger charge is -2.10. The van der Waals surface area contributed by atoms with Gasteiger partial charge < -0.3 is 20.5 Å². The molecule has 3 rings (SSSR count). The third kappa shape index (κ3) is 2.53. The van der Waals surface area contributed by atoms with Gasteiger partial charge in [-0.25, -0.2) is 9.97 Å². The molecule has 0 saturated heterocycles. The molecule has 0 saturated carbocycles. The van der Waals surface area contributed by atoms with Crippen LogP contribution in [0.5, 0.6) is 11.5 Å². The average molecular weight is 327 g/mol. The fourth-order valence-corrected chi connectivity index (χ4v) is 2.19. The van der Waals surface area contributed by atoms with Crippen LogP contribution in [0, 0.1) is 0 Å². The Bertz CT molecular complexity index is 718. The molecular weight excluding hydrogens is 319 g/mol. The number of nitrogens with one attached hydrogen (secondary N) is 1. The van der Waals surface area contributed by atoms with Crippen molar-refractivity contribution in [1.29, 1.82) is 0 Å². The number of nitrogens with zero attached hydrogens (tertiary/aromatic N) is 2. The van der Waals surface area contributed by atoms with Gasteiger partial charge in [0.05, 0.1) is 5.56 Å². The number of fused-ring (bicyclic) bond motifs is 1. The number of nitrogen functional groups attached to an aromatic ring is 1. The summed E-state index contributed by atoms with van der Waals surface area (Å²) in [4.78, 5) is 19.8. The molecule has 1 aliphatic heterocycles. The largest absolute Gasteiger partial charge is 0.454 e. The Balaban J connectivity index is 1.93. The smallest absolute Gasteiger partial charge is 0.258 e. The maximum Gasteiger partial charge on any atom is 0.258 e. The van der Waals surface area contributed by atoms with E-state index in [1.54, 1.807) is 0 Å². The number of hydrogen-bond donors (Lipinski definition) is 2. The molecule has 2 heterocycles. The van der Waals surface area contributed by atoms with E-state index in [0.717, 1.165) is 0 Å². The topological polar surface area (TPSA) is 99.4 Å². The highest BCUT2D eigenvalue weighted by molar-refractivity contribution is 6.38. The highest BCUT2D eigenvalue weighted by atomic mass is 35.5. The van der Waals surface area contributed by atoms with Gasteiger partial charge in [-0.15, -0.1) is 0 Å². The first-order valence-corrected chi connectivity index (χ1v) is 6.48. The number of nitrogens with two attached hydrogens (primary N) is 1. The molecule has 108 valence electrons. The van der Waals surface area contributed by atoms with Crippen LogP contribution >= 0.6 is 23.2 Å². The Kier molecular flexibility index (Phi) is 3.44. The van der Waals surface area contributed by atoms with Crippen LogP contribution in [0.3, 0.4) is 0 Å². The number of aromatic nitrogens is 2. The summed E-state index contributed by atoms with van der Waals surface area (Å²) in [5.41, 5.74) is 6.39. The summed E-state index contributed by atoms with van der Waals surface area (Å²) in [7, 11) is 0. The van der Waals surface area contributed by atoms with E-state index in [1.807, 2.05) is 0 Å². The highest BCUT2D eigenvalue weighted by Gasteiger charge is 2.21. The van der Waals surface area contributed by atoms with Crippen molar-refractivity contribution in [2.45, 2.75) is 0 Å². The van der Waals surface area contributed by atoms with E-state index >= 15 is 0 Å². The van der Waals surface area contributed by atoms with E-state index < -0.39 is 5.91 Å². The maximum absolute atomic E-state index is 12.3. The molecule has 0 aliphatic carbocycles. The number of anilines is 2. The first-order chi connectivity index (χ1) is 10.1. The number of ether oxygens (including phenoxy) is 2. The van der Waals surface area contributed by atoms with Gasteiger partial charge in [0.1, 0.15) is 12.0 Å². The second kappa shape index (κ2) is 5.27. The normalized spacial score (nSPS) is 12.3. The number of hydrogen-bond acceptors (Lipinski definition) is 6. The van der Waals surface area contributed by atoms with Crippen molar-refractivity contribution in [2.24, 2.45) is 0 Å². The predicted molar refractivity (Wildman–Crippen MR) is 77.0 cm³/mol. The molecule has 0 unspecified atom stereocenters. The van der Waals surface area contributed by atoms with E-state index in [2.05, 4.69) is 15.3 Å². The van der Waals surface area contributed by atoms with Crippen molar-refractivity contribution >= 4 is 40.5 Å². The molecule has 0 bridgehead atoms. The Morgan fingerprint density at radius 2 is 1.81 bits per heavy atom. The molecular formula is C12H8Cl2N4O3. The zero-order valence-electron chi connectivity index (χ0n) is 10.4. The molecule has 0 fully saturated rings. The van der Waals surface area contributed by atoms with Crippen molar-refractivity contribution in [1.82, 2.24) is 9.97 Å². The fourth-order valence-electron chi connectivity index (χ4n) is 1.78. The van der Waals surface area contributed by atoms with Crippen LogP contribution in [-0.2, 0) is 0 Å². The summed E-state index contributed by atoms with van der Waals surface area (Å²) in [6.07, 6.45) is 1.19. The summed E-state index contributed by atoms with van der Waals surface area (Å²) in [5, 5.41) is 2.58. The average Bonchev–Trinajstić information content (AvgIpc) is 2.89. The minimum atomic E-state index is -0.510. The van der Waals surface area contributed by atoms with Crippen molar-refractivity contribution in [3.8, 4) is 11.5 Å². The molecule has 21 heavy (non-hydrogen) atoms. The molecule has 1 amide bonds. The molecule has 1 aliphatic rings. The van der Waals surface area contributed by atoms with Crippen LogP contribution in [0.1, 0.15) is 10.4 Å². The van der Waals surface area contributed by atoms with Crippen LogP contribution in [0.25, 0.3) is 0 Å². The molecule has 1 aromatic carbocycles. The van der Waals surface area contributed by atoms with E-state index in [0.29, 0.717) is 11.5 Å². The lowest BCUT2D eigenvalue weighted by Crippen LogP contribution is -2.15. The van der Waals surface area contributed by atoms with Gasteiger partial charge in [0.2, 0.25) is 6.79 Å². The van der Waals surface area contributed by atoms with Crippen molar-refractivity contribution in [3.63, 3.8) is 0 Å². The van der Waals surface area contributed by atoms with Crippen molar-refractivity contribution in [2.75, 3.05) is 17.8 Å². The summed E-state index contributed by atoms with van der Waals surface area (Å²) in [6.45, 7) is 0.0873. The van der Waals surface area contributed by atoms with Crippen molar-refractivity contribution < 1.29 is 14.3 Å². The lowest BCUT2D eigenvalue weighted by molar-refractivity contribution is 0.102. The Morgan fingerprint density at radius 3 is 2.48 bits per heavy atom. The zero-order chi connectivity index (χ0) is 15.0. The third-order valence-electron chi connectivity index (χ3n) is 2.78. The Hall–Kier alpha value is -2.25. The molecule has 1 aromatic heterocycles. The van der Waals surface area contributed by atoms with Gasteiger partial charge in [0.25, 0.3) is 5.91 Å². The van der Waals surface area contributed by atoms with Gasteiger partial charge in [0.15, 0.2) is 21.8 Å². The van der Waals surface area contributed by atoms with Gasteiger partial charge >= 0.3 is 0 Å². The van der Waals surface area contributed by atoms with Gasteiger partial charge in [-0.2, -0.15) is 0 Å². The summed E-state index contributed by atoms with van der Waals surface area (Å²) in [6, 6.07) is 3.00. The zero-order valence-corrected chi connectivity index (χ0v) is 11.9. The number of halogens is 2. The number of rotatable bonds is 2. The van der Waals surface area contributed by atoms with E-state index in [4.69, 9.17) is 38.4 Å². The van der Waals surface area contributed by atoms with Crippen LogP contribution in [-0.4, -0.2) is 22.7 Å². The van der Waals surface area contributed by atoms with E-state index in [9.17, 15) is 4.79 Å². The Labute approximate surface area is 129 Å². The molecule has 0 atom stereocenters. The highest BCUT2D eigenvalue weighted by Crippen LogP contribution is 2.36. The molecule has 9 heteroatoms. The standard InChI is InChI=1S/C12H8Cl2N4O3/c13-10-9(11(14)17-3-16-10)18-12(19)5-1-7-8(2-6(5)15)21-4-20-7/h1-3H,4,15H2,(H,18,19). The lowest BCUT2D eigenvalue weighted by atomic mass is 10.1. The number of carbonyl (C=O) groups is 1. The second-order valence-electron chi connectivity index (χ2n) is 4.08. The van der Waals surface area contributed by atoms with Gasteiger partial charge in [-0.3, -0.25) is 4.79 Å².